The van der Waals surface area contributed by atoms with E-state index in [2.05, 4.69) is 0 Å². The van der Waals surface area contributed by atoms with Gasteiger partial charge in [-0.05, 0) is 19.3 Å². The summed E-state index contributed by atoms with van der Waals surface area (Å²) in [6.07, 6.45) is 3.56. The lowest BCUT2D eigenvalue weighted by Gasteiger charge is -2.18. The Hall–Kier alpha value is -2.14. The van der Waals surface area contributed by atoms with Crippen molar-refractivity contribution in [3.63, 3.8) is 0 Å². The van der Waals surface area contributed by atoms with Crippen LogP contribution in [-0.2, 0) is 4.79 Å². The third kappa shape index (κ3) is 2.76. The highest BCUT2D eigenvalue weighted by molar-refractivity contribution is 7.98. The number of methoxy groups -OCH3 is 2. The molecule has 0 saturated heterocycles. The van der Waals surface area contributed by atoms with Crippen LogP contribution in [0.3, 0.4) is 0 Å². The van der Waals surface area contributed by atoms with E-state index in [9.17, 15) is 4.79 Å². The van der Waals surface area contributed by atoms with Crippen LogP contribution >= 0.6 is 11.8 Å². The Balaban J connectivity index is 2.94. The van der Waals surface area contributed by atoms with Crippen LogP contribution in [0, 0.1) is 0 Å². The van der Waals surface area contributed by atoms with Crippen LogP contribution in [0.25, 0.3) is 16.8 Å². The van der Waals surface area contributed by atoms with Crippen LogP contribution in [0.1, 0.15) is 12.5 Å². The average Bonchev–Trinajstić information content (AvgIpc) is 2.53. The molecule has 4 nitrogen and oxygen atoms in total. The van der Waals surface area contributed by atoms with E-state index in [1.807, 2.05) is 30.5 Å². The molecule has 0 heterocycles. The molecule has 0 spiro atoms. The fourth-order valence-electron chi connectivity index (χ4n) is 2.41. The molecular weight excluding hydrogens is 300 g/mol. The lowest BCUT2D eigenvalue weighted by Crippen LogP contribution is -2.00. The predicted molar refractivity (Wildman–Crippen MR) is 90.1 cm³/mol. The van der Waals surface area contributed by atoms with E-state index in [0.717, 1.165) is 27.0 Å². The Morgan fingerprint density at radius 3 is 2.14 bits per heavy atom. The van der Waals surface area contributed by atoms with Gasteiger partial charge >= 0.3 is 5.97 Å². The van der Waals surface area contributed by atoms with E-state index in [0.29, 0.717) is 5.75 Å². The number of carboxylic acid groups (broad SMARTS) is 1. The second-order valence-corrected chi connectivity index (χ2v) is 5.51. The van der Waals surface area contributed by atoms with Gasteiger partial charge in [-0.1, -0.05) is 24.3 Å². The van der Waals surface area contributed by atoms with Crippen molar-refractivity contribution in [2.45, 2.75) is 11.8 Å². The minimum absolute atomic E-state index is 0.242. The Morgan fingerprint density at radius 2 is 1.68 bits per heavy atom. The third-order valence-corrected chi connectivity index (χ3v) is 4.24. The second-order valence-electron chi connectivity index (χ2n) is 4.69. The van der Waals surface area contributed by atoms with Crippen molar-refractivity contribution in [3.8, 4) is 11.5 Å². The number of rotatable bonds is 5. The first-order valence-electron chi connectivity index (χ1n) is 6.67. The van der Waals surface area contributed by atoms with Gasteiger partial charge < -0.3 is 14.6 Å². The van der Waals surface area contributed by atoms with Crippen molar-refractivity contribution in [3.05, 3.63) is 35.4 Å². The average molecular weight is 318 g/mol. The quantitative estimate of drug-likeness (QED) is 0.665. The van der Waals surface area contributed by atoms with Crippen LogP contribution in [0.2, 0.25) is 0 Å². The fourth-order valence-corrected chi connectivity index (χ4v) is 3.16. The molecule has 2 rings (SSSR count). The summed E-state index contributed by atoms with van der Waals surface area (Å²) < 4.78 is 11.2. The first-order valence-corrected chi connectivity index (χ1v) is 7.89. The Kier molecular flexibility index (Phi) is 4.98. The van der Waals surface area contributed by atoms with Gasteiger partial charge in [-0.2, -0.15) is 0 Å². The highest BCUT2D eigenvalue weighted by atomic mass is 32.2. The molecule has 2 aromatic carbocycles. The third-order valence-electron chi connectivity index (χ3n) is 3.42. The molecule has 0 aliphatic heterocycles. The summed E-state index contributed by atoms with van der Waals surface area (Å²) in [6.45, 7) is 1.56. The molecule has 0 unspecified atom stereocenters. The van der Waals surface area contributed by atoms with Crippen molar-refractivity contribution < 1.29 is 19.4 Å². The number of carboxylic acids is 1. The van der Waals surface area contributed by atoms with Crippen molar-refractivity contribution in [2.75, 3.05) is 20.5 Å². The molecule has 2 aromatic rings. The molecule has 0 atom stereocenters. The van der Waals surface area contributed by atoms with Gasteiger partial charge in [-0.25, -0.2) is 4.79 Å². The molecule has 0 aliphatic rings. The lowest BCUT2D eigenvalue weighted by molar-refractivity contribution is -0.132. The minimum Gasteiger partial charge on any atom is -0.495 e. The standard InChI is InChI=1S/C17H18O4S/c1-10(17(18)19)9-13-14(20-2)11-7-5-6-8-12(11)15(21-3)16(13)22-4/h5-9H,1-4H3,(H,18,19)/b10-9-. The van der Waals surface area contributed by atoms with Gasteiger partial charge in [0.1, 0.15) is 11.5 Å². The second kappa shape index (κ2) is 6.75. The topological polar surface area (TPSA) is 55.8 Å². The largest absolute Gasteiger partial charge is 0.495 e. The number of hydrogen-bond donors (Lipinski definition) is 1. The molecule has 22 heavy (non-hydrogen) atoms. The van der Waals surface area contributed by atoms with Crippen LogP contribution in [0.4, 0.5) is 0 Å². The number of benzene rings is 2. The monoisotopic (exact) mass is 318 g/mol. The normalized spacial score (nSPS) is 11.5. The zero-order valence-corrected chi connectivity index (χ0v) is 13.8. The maximum atomic E-state index is 11.2. The molecule has 0 aliphatic carbocycles. The van der Waals surface area contributed by atoms with E-state index < -0.39 is 5.97 Å². The van der Waals surface area contributed by atoms with Crippen LogP contribution in [0.5, 0.6) is 11.5 Å². The summed E-state index contributed by atoms with van der Waals surface area (Å²) in [6, 6.07) is 7.76. The van der Waals surface area contributed by atoms with Gasteiger partial charge in [0.2, 0.25) is 0 Å². The van der Waals surface area contributed by atoms with Gasteiger partial charge in [0, 0.05) is 21.9 Å². The van der Waals surface area contributed by atoms with Gasteiger partial charge in [0.25, 0.3) is 0 Å². The number of aliphatic carboxylic acids is 1. The molecule has 116 valence electrons. The van der Waals surface area contributed by atoms with E-state index in [1.165, 1.54) is 11.8 Å². The van der Waals surface area contributed by atoms with E-state index in [4.69, 9.17) is 14.6 Å². The van der Waals surface area contributed by atoms with E-state index in [-0.39, 0.29) is 5.57 Å². The highest BCUT2D eigenvalue weighted by Crippen LogP contribution is 2.45. The Labute approximate surface area is 133 Å². The van der Waals surface area contributed by atoms with Crippen LogP contribution in [-0.4, -0.2) is 31.6 Å². The summed E-state index contributed by atoms with van der Waals surface area (Å²) in [7, 11) is 3.21. The molecule has 0 fully saturated rings. The van der Waals surface area contributed by atoms with Gasteiger partial charge in [-0.15, -0.1) is 11.8 Å². The number of hydrogen-bond acceptors (Lipinski definition) is 4. The lowest BCUT2D eigenvalue weighted by atomic mass is 10.0. The molecular formula is C17H18O4S. The molecule has 0 bridgehead atoms. The summed E-state index contributed by atoms with van der Waals surface area (Å²) in [5.74, 6) is 0.427. The Bertz CT molecular complexity index is 750. The SMILES string of the molecule is COc1c(/C=C(/C)C(=O)O)c(SC)c(OC)c2ccccc12. The first kappa shape index (κ1) is 16.2. The van der Waals surface area contributed by atoms with Crippen LogP contribution < -0.4 is 9.47 Å². The Morgan fingerprint density at radius 1 is 1.14 bits per heavy atom. The number of thioether (sulfide) groups is 1. The van der Waals surface area contributed by atoms with Crippen LogP contribution in [0.15, 0.2) is 34.7 Å². The van der Waals surface area contributed by atoms with Crippen molar-refractivity contribution in [2.24, 2.45) is 0 Å². The molecule has 0 saturated carbocycles. The molecule has 0 radical (unpaired) electrons. The zero-order chi connectivity index (χ0) is 16.3. The van der Waals surface area contributed by atoms with Crippen molar-refractivity contribution in [1.29, 1.82) is 0 Å². The molecule has 0 amide bonds. The van der Waals surface area contributed by atoms with Crippen molar-refractivity contribution in [1.82, 2.24) is 0 Å². The number of fused-ring (bicyclic) bond motifs is 1. The predicted octanol–water partition coefficient (Wildman–Crippen LogP) is 4.07. The molecule has 0 aromatic heterocycles. The van der Waals surface area contributed by atoms with E-state index in [1.54, 1.807) is 27.2 Å². The minimum atomic E-state index is -0.957. The highest BCUT2D eigenvalue weighted by Gasteiger charge is 2.19. The van der Waals surface area contributed by atoms with Gasteiger partial charge in [0.15, 0.2) is 0 Å². The smallest absolute Gasteiger partial charge is 0.331 e. The summed E-state index contributed by atoms with van der Waals surface area (Å²) in [5.41, 5.74) is 0.969. The summed E-state index contributed by atoms with van der Waals surface area (Å²) in [5, 5.41) is 11.0. The van der Waals surface area contributed by atoms with Gasteiger partial charge in [0.05, 0.1) is 19.1 Å². The number of carbonyl (C=O) groups is 1. The summed E-state index contributed by atoms with van der Waals surface area (Å²) >= 11 is 1.50. The van der Waals surface area contributed by atoms with Crippen molar-refractivity contribution >= 4 is 34.6 Å². The van der Waals surface area contributed by atoms with E-state index >= 15 is 0 Å². The first-order chi connectivity index (χ1) is 10.5. The fraction of sp³-hybridized carbons (Fsp3) is 0.235. The maximum absolute atomic E-state index is 11.2. The maximum Gasteiger partial charge on any atom is 0.331 e. The number of ether oxygens (including phenoxy) is 2. The molecule has 5 heteroatoms. The summed E-state index contributed by atoms with van der Waals surface area (Å²) in [4.78, 5) is 12.0. The molecule has 1 N–H and O–H groups in total. The zero-order valence-electron chi connectivity index (χ0n) is 13.0. The van der Waals surface area contributed by atoms with Gasteiger partial charge in [-0.3, -0.25) is 0 Å².